The van der Waals surface area contributed by atoms with Gasteiger partial charge in [-0.2, -0.15) is 0 Å². The van der Waals surface area contributed by atoms with Gasteiger partial charge in [-0.15, -0.1) is 0 Å². The van der Waals surface area contributed by atoms with Crippen LogP contribution in [0.2, 0.25) is 0 Å². The number of carbonyl (C=O) groups excluding carboxylic acids is 1. The van der Waals surface area contributed by atoms with E-state index in [0.29, 0.717) is 17.7 Å². The molecule has 0 fully saturated rings. The van der Waals surface area contributed by atoms with Gasteiger partial charge in [0, 0.05) is 23.7 Å². The highest BCUT2D eigenvalue weighted by atomic mass is 16.5. The highest BCUT2D eigenvalue weighted by Crippen LogP contribution is 2.24. The number of para-hydroxylation sites is 2. The Balaban J connectivity index is 1.98. The van der Waals surface area contributed by atoms with Gasteiger partial charge in [-0.3, -0.25) is 9.59 Å². The molecule has 1 heterocycles. The Morgan fingerprint density at radius 2 is 1.85 bits per heavy atom. The van der Waals surface area contributed by atoms with Crippen molar-refractivity contribution in [3.05, 3.63) is 76.1 Å². The summed E-state index contributed by atoms with van der Waals surface area (Å²) in [5.74, 6) is 0.311. The van der Waals surface area contributed by atoms with Crippen molar-refractivity contribution in [1.29, 1.82) is 0 Å². The molecule has 5 nitrogen and oxygen atoms in total. The van der Waals surface area contributed by atoms with E-state index in [0.717, 1.165) is 11.1 Å². The zero-order valence-corrected chi connectivity index (χ0v) is 15.2. The van der Waals surface area contributed by atoms with Crippen LogP contribution in [-0.4, -0.2) is 17.6 Å². The van der Waals surface area contributed by atoms with E-state index in [-0.39, 0.29) is 22.9 Å². The van der Waals surface area contributed by atoms with E-state index in [9.17, 15) is 9.59 Å². The summed E-state index contributed by atoms with van der Waals surface area (Å²) in [6, 6.07) is 14.6. The lowest BCUT2D eigenvalue weighted by molar-refractivity contribution is 0.0938. The van der Waals surface area contributed by atoms with Crippen LogP contribution >= 0.6 is 0 Å². The van der Waals surface area contributed by atoms with E-state index in [4.69, 9.17) is 4.74 Å². The zero-order valence-electron chi connectivity index (χ0n) is 15.2. The standard InChI is InChI=1S/C21H22N2O3/c1-4-23-13-17(20(24)16-10-5-7-11-18(16)23)21(25)22-14(2)15-9-6-8-12-19(15)26-3/h5-14H,4H2,1-3H3,(H,22,25)/t14-/m0/s1. The van der Waals surface area contributed by atoms with Gasteiger partial charge in [0.25, 0.3) is 5.91 Å². The molecule has 1 amide bonds. The number of fused-ring (bicyclic) bond motifs is 1. The minimum Gasteiger partial charge on any atom is -0.496 e. The first kappa shape index (κ1) is 17.7. The molecule has 2 aromatic carbocycles. The number of nitrogens with one attached hydrogen (secondary N) is 1. The fourth-order valence-corrected chi connectivity index (χ4v) is 3.14. The van der Waals surface area contributed by atoms with Crippen molar-refractivity contribution in [1.82, 2.24) is 9.88 Å². The number of carbonyl (C=O) groups is 1. The number of methoxy groups -OCH3 is 1. The number of benzene rings is 2. The molecule has 0 unspecified atom stereocenters. The van der Waals surface area contributed by atoms with Crippen LogP contribution in [0.4, 0.5) is 0 Å². The summed E-state index contributed by atoms with van der Waals surface area (Å²) >= 11 is 0. The molecule has 0 radical (unpaired) electrons. The number of hydrogen-bond acceptors (Lipinski definition) is 3. The summed E-state index contributed by atoms with van der Waals surface area (Å²) in [7, 11) is 1.59. The molecule has 1 aromatic heterocycles. The van der Waals surface area contributed by atoms with Crippen molar-refractivity contribution < 1.29 is 9.53 Å². The minimum absolute atomic E-state index is 0.146. The topological polar surface area (TPSA) is 60.3 Å². The molecule has 134 valence electrons. The SMILES string of the molecule is CCn1cc(C(=O)N[C@@H](C)c2ccccc2OC)c(=O)c2ccccc21. The number of pyridine rings is 1. The summed E-state index contributed by atoms with van der Waals surface area (Å²) in [4.78, 5) is 25.6. The molecule has 26 heavy (non-hydrogen) atoms. The average Bonchev–Trinajstić information content (AvgIpc) is 2.68. The Morgan fingerprint density at radius 3 is 2.58 bits per heavy atom. The highest BCUT2D eigenvalue weighted by molar-refractivity contribution is 5.97. The molecule has 3 aromatic rings. The third-order valence-corrected chi connectivity index (χ3v) is 4.53. The van der Waals surface area contributed by atoms with E-state index in [1.165, 1.54) is 0 Å². The number of rotatable bonds is 5. The second kappa shape index (κ2) is 7.44. The Bertz CT molecular complexity index is 1010. The van der Waals surface area contributed by atoms with Gasteiger partial charge in [-0.1, -0.05) is 30.3 Å². The molecule has 0 spiro atoms. The fraction of sp³-hybridized carbons (Fsp3) is 0.238. The van der Waals surface area contributed by atoms with E-state index in [2.05, 4.69) is 5.32 Å². The molecule has 3 rings (SSSR count). The first-order chi connectivity index (χ1) is 12.6. The van der Waals surface area contributed by atoms with Crippen LogP contribution < -0.4 is 15.5 Å². The lowest BCUT2D eigenvalue weighted by Gasteiger charge is -2.18. The summed E-state index contributed by atoms with van der Waals surface area (Å²) in [6.07, 6.45) is 1.63. The Morgan fingerprint density at radius 1 is 1.15 bits per heavy atom. The molecule has 0 bridgehead atoms. The molecule has 1 atom stereocenters. The van der Waals surface area contributed by atoms with Crippen LogP contribution in [0.1, 0.15) is 35.8 Å². The van der Waals surface area contributed by atoms with Crippen molar-refractivity contribution in [2.24, 2.45) is 0 Å². The number of ether oxygens (including phenoxy) is 1. The lowest BCUT2D eigenvalue weighted by Crippen LogP contribution is -2.32. The minimum atomic E-state index is -0.388. The number of aryl methyl sites for hydroxylation is 1. The van der Waals surface area contributed by atoms with Crippen LogP contribution in [0.5, 0.6) is 5.75 Å². The first-order valence-electron chi connectivity index (χ1n) is 8.62. The summed E-state index contributed by atoms with van der Waals surface area (Å²) in [6.45, 7) is 4.52. The van der Waals surface area contributed by atoms with Gasteiger partial charge in [-0.25, -0.2) is 0 Å². The molecular formula is C21H22N2O3. The van der Waals surface area contributed by atoms with Gasteiger partial charge in [0.2, 0.25) is 5.43 Å². The van der Waals surface area contributed by atoms with Crippen molar-refractivity contribution in [2.45, 2.75) is 26.4 Å². The van der Waals surface area contributed by atoms with Crippen molar-refractivity contribution in [3.63, 3.8) is 0 Å². The molecule has 1 N–H and O–H groups in total. The molecule has 0 aliphatic rings. The maximum Gasteiger partial charge on any atom is 0.257 e. The smallest absolute Gasteiger partial charge is 0.257 e. The normalized spacial score (nSPS) is 12.0. The van der Waals surface area contributed by atoms with Crippen molar-refractivity contribution >= 4 is 16.8 Å². The lowest BCUT2D eigenvalue weighted by atomic mass is 10.1. The number of amides is 1. The van der Waals surface area contributed by atoms with Crippen molar-refractivity contribution in [3.8, 4) is 5.75 Å². The van der Waals surface area contributed by atoms with Crippen LogP contribution in [0.25, 0.3) is 10.9 Å². The third-order valence-electron chi connectivity index (χ3n) is 4.53. The summed E-state index contributed by atoms with van der Waals surface area (Å²) in [5.41, 5.74) is 1.58. The number of hydrogen-bond donors (Lipinski definition) is 1. The van der Waals surface area contributed by atoms with Crippen LogP contribution in [0.15, 0.2) is 59.5 Å². The van der Waals surface area contributed by atoms with Crippen LogP contribution in [0, 0.1) is 0 Å². The fourth-order valence-electron chi connectivity index (χ4n) is 3.14. The first-order valence-corrected chi connectivity index (χ1v) is 8.62. The molecule has 0 saturated heterocycles. The molecule has 0 aliphatic heterocycles. The van der Waals surface area contributed by atoms with E-state index in [1.807, 2.05) is 60.9 Å². The van der Waals surface area contributed by atoms with Gasteiger partial charge in [0.05, 0.1) is 18.7 Å². The predicted octanol–water partition coefficient (Wildman–Crippen LogP) is 3.52. The third kappa shape index (κ3) is 3.20. The monoisotopic (exact) mass is 350 g/mol. The second-order valence-corrected chi connectivity index (χ2v) is 6.11. The highest BCUT2D eigenvalue weighted by Gasteiger charge is 2.19. The molecular weight excluding hydrogens is 328 g/mol. The Labute approximate surface area is 152 Å². The van der Waals surface area contributed by atoms with Crippen LogP contribution in [-0.2, 0) is 6.54 Å². The van der Waals surface area contributed by atoms with Gasteiger partial charge in [0.15, 0.2) is 0 Å². The van der Waals surface area contributed by atoms with E-state index < -0.39 is 0 Å². The quantitative estimate of drug-likeness (QED) is 0.766. The largest absolute Gasteiger partial charge is 0.496 e. The van der Waals surface area contributed by atoms with Gasteiger partial charge in [-0.05, 0) is 32.0 Å². The number of aromatic nitrogens is 1. The van der Waals surface area contributed by atoms with Gasteiger partial charge in [0.1, 0.15) is 11.3 Å². The summed E-state index contributed by atoms with van der Waals surface area (Å²) < 4.78 is 7.27. The number of nitrogens with zero attached hydrogens (tertiary/aromatic N) is 1. The predicted molar refractivity (Wildman–Crippen MR) is 103 cm³/mol. The molecule has 5 heteroatoms. The zero-order chi connectivity index (χ0) is 18.7. The maximum absolute atomic E-state index is 12.8. The van der Waals surface area contributed by atoms with E-state index in [1.54, 1.807) is 19.4 Å². The second-order valence-electron chi connectivity index (χ2n) is 6.11. The Kier molecular flexibility index (Phi) is 5.07. The average molecular weight is 350 g/mol. The van der Waals surface area contributed by atoms with Gasteiger partial charge < -0.3 is 14.6 Å². The Hall–Kier alpha value is -3.08. The van der Waals surface area contributed by atoms with Crippen LogP contribution in [0.3, 0.4) is 0 Å². The van der Waals surface area contributed by atoms with Gasteiger partial charge >= 0.3 is 0 Å². The summed E-state index contributed by atoms with van der Waals surface area (Å²) in [5, 5.41) is 3.46. The molecule has 0 aliphatic carbocycles. The van der Waals surface area contributed by atoms with E-state index >= 15 is 0 Å². The van der Waals surface area contributed by atoms with Crippen molar-refractivity contribution in [2.75, 3.05) is 7.11 Å². The molecule has 0 saturated carbocycles. The maximum atomic E-state index is 12.8.